The first-order valence-electron chi connectivity index (χ1n) is 10.4. The van der Waals surface area contributed by atoms with Gasteiger partial charge in [0.05, 0.1) is 5.54 Å². The number of nitrogens with zero attached hydrogens (tertiary/aromatic N) is 2. The number of aliphatic hydroxyl groups is 1. The molecule has 0 aromatic rings. The Hall–Kier alpha value is -1.10. The van der Waals surface area contributed by atoms with Gasteiger partial charge < -0.3 is 14.9 Å². The van der Waals surface area contributed by atoms with E-state index in [0.717, 1.165) is 64.5 Å². The van der Waals surface area contributed by atoms with E-state index >= 15 is 0 Å². The van der Waals surface area contributed by atoms with Gasteiger partial charge in [-0.15, -0.1) is 0 Å². The molecule has 0 radical (unpaired) electrons. The second-order valence-corrected chi connectivity index (χ2v) is 8.67. The number of likely N-dealkylation sites (tertiary alicyclic amines) is 2. The zero-order chi connectivity index (χ0) is 17.4. The van der Waals surface area contributed by atoms with Gasteiger partial charge in [0, 0.05) is 25.0 Å². The summed E-state index contributed by atoms with van der Waals surface area (Å²) in [5, 5.41) is 10.3. The SMILES string of the molecule is O=C(C1CCCCC1)N1CCC(N2C(=O)C(O)C23CCCCC3)CC1. The van der Waals surface area contributed by atoms with Crippen LogP contribution in [0.1, 0.15) is 77.0 Å². The van der Waals surface area contributed by atoms with Crippen LogP contribution < -0.4 is 0 Å². The number of piperidine rings is 1. The highest BCUT2D eigenvalue weighted by Crippen LogP contribution is 2.46. The second kappa shape index (κ2) is 6.90. The largest absolute Gasteiger partial charge is 0.381 e. The highest BCUT2D eigenvalue weighted by molar-refractivity contribution is 5.90. The molecule has 1 atom stereocenters. The van der Waals surface area contributed by atoms with Crippen molar-refractivity contribution >= 4 is 11.8 Å². The molecule has 0 aromatic heterocycles. The van der Waals surface area contributed by atoms with Crippen molar-refractivity contribution in [2.24, 2.45) is 5.92 Å². The maximum Gasteiger partial charge on any atom is 0.254 e. The maximum absolute atomic E-state index is 12.7. The quantitative estimate of drug-likeness (QED) is 0.780. The predicted octanol–water partition coefficient (Wildman–Crippen LogP) is 2.46. The average Bonchev–Trinajstić information content (AvgIpc) is 2.69. The summed E-state index contributed by atoms with van der Waals surface area (Å²) in [6.07, 6.45) is 12.1. The number of carbonyl (C=O) groups is 2. The van der Waals surface area contributed by atoms with Gasteiger partial charge in [-0.3, -0.25) is 9.59 Å². The monoisotopic (exact) mass is 348 g/mol. The standard InChI is InChI=1S/C20H32N2O3/c23-17-19(25)22(20(17)11-5-2-6-12-20)16-9-13-21(14-10-16)18(24)15-7-3-1-4-8-15/h15-17,23H,1-14H2. The van der Waals surface area contributed by atoms with Gasteiger partial charge in [0.1, 0.15) is 0 Å². The minimum Gasteiger partial charge on any atom is -0.381 e. The molecule has 2 saturated heterocycles. The fourth-order valence-electron chi connectivity index (χ4n) is 5.82. The van der Waals surface area contributed by atoms with Gasteiger partial charge in [-0.05, 0) is 38.5 Å². The molecule has 5 nitrogen and oxygen atoms in total. The molecule has 1 N–H and O–H groups in total. The summed E-state index contributed by atoms with van der Waals surface area (Å²) in [6, 6.07) is 0.212. The van der Waals surface area contributed by atoms with Crippen molar-refractivity contribution < 1.29 is 14.7 Å². The van der Waals surface area contributed by atoms with Crippen molar-refractivity contribution in [2.75, 3.05) is 13.1 Å². The topological polar surface area (TPSA) is 60.9 Å². The molecule has 4 rings (SSSR count). The Morgan fingerprint density at radius 1 is 0.920 bits per heavy atom. The zero-order valence-corrected chi connectivity index (χ0v) is 15.3. The molecule has 4 fully saturated rings. The first-order valence-corrected chi connectivity index (χ1v) is 10.4. The maximum atomic E-state index is 12.7. The summed E-state index contributed by atoms with van der Waals surface area (Å²) < 4.78 is 0. The van der Waals surface area contributed by atoms with E-state index in [9.17, 15) is 14.7 Å². The molecular weight excluding hydrogens is 316 g/mol. The van der Waals surface area contributed by atoms with Gasteiger partial charge in [-0.25, -0.2) is 0 Å². The van der Waals surface area contributed by atoms with Gasteiger partial charge in [0.25, 0.3) is 5.91 Å². The molecule has 2 amide bonds. The molecule has 25 heavy (non-hydrogen) atoms. The molecule has 2 saturated carbocycles. The number of carbonyl (C=O) groups excluding carboxylic acids is 2. The lowest BCUT2D eigenvalue weighted by atomic mass is 9.68. The van der Waals surface area contributed by atoms with E-state index in [4.69, 9.17) is 0 Å². The summed E-state index contributed by atoms with van der Waals surface area (Å²) in [5.41, 5.74) is -0.282. The lowest BCUT2D eigenvalue weighted by Gasteiger charge is -2.61. The van der Waals surface area contributed by atoms with Crippen molar-refractivity contribution in [3.63, 3.8) is 0 Å². The van der Waals surface area contributed by atoms with E-state index < -0.39 is 6.10 Å². The summed E-state index contributed by atoms with van der Waals surface area (Å²) in [7, 11) is 0. The van der Waals surface area contributed by atoms with Crippen molar-refractivity contribution in [3.8, 4) is 0 Å². The van der Waals surface area contributed by atoms with Crippen LogP contribution in [-0.4, -0.2) is 57.5 Å². The molecule has 0 aromatic carbocycles. The van der Waals surface area contributed by atoms with Gasteiger partial charge in [0.2, 0.25) is 5.91 Å². The highest BCUT2D eigenvalue weighted by Gasteiger charge is 2.61. The van der Waals surface area contributed by atoms with Crippen LogP contribution in [-0.2, 0) is 9.59 Å². The number of rotatable bonds is 2. The van der Waals surface area contributed by atoms with Gasteiger partial charge >= 0.3 is 0 Å². The first kappa shape index (κ1) is 17.3. The van der Waals surface area contributed by atoms with Crippen LogP contribution in [0.25, 0.3) is 0 Å². The molecule has 1 unspecified atom stereocenters. The van der Waals surface area contributed by atoms with E-state index in [-0.39, 0.29) is 23.4 Å². The molecule has 2 aliphatic heterocycles. The Bertz CT molecular complexity index is 515. The van der Waals surface area contributed by atoms with E-state index in [1.807, 2.05) is 9.80 Å². The predicted molar refractivity (Wildman–Crippen MR) is 94.8 cm³/mol. The second-order valence-electron chi connectivity index (χ2n) is 8.67. The number of hydrogen-bond acceptors (Lipinski definition) is 3. The molecule has 2 aliphatic carbocycles. The zero-order valence-electron chi connectivity index (χ0n) is 15.3. The van der Waals surface area contributed by atoms with Crippen LogP contribution in [0.2, 0.25) is 0 Å². The van der Waals surface area contributed by atoms with Gasteiger partial charge in [0.15, 0.2) is 6.10 Å². The fourth-order valence-corrected chi connectivity index (χ4v) is 5.82. The summed E-state index contributed by atoms with van der Waals surface area (Å²) in [4.78, 5) is 29.2. The van der Waals surface area contributed by atoms with Crippen LogP contribution in [0, 0.1) is 5.92 Å². The Morgan fingerprint density at radius 3 is 2.16 bits per heavy atom. The molecule has 4 aliphatic rings. The third-order valence-electron chi connectivity index (χ3n) is 7.28. The number of hydrogen-bond donors (Lipinski definition) is 1. The fraction of sp³-hybridized carbons (Fsp3) is 0.900. The summed E-state index contributed by atoms with van der Waals surface area (Å²) in [5.74, 6) is 0.516. The highest BCUT2D eigenvalue weighted by atomic mass is 16.3. The van der Waals surface area contributed by atoms with Crippen molar-refractivity contribution in [1.29, 1.82) is 0 Å². The van der Waals surface area contributed by atoms with Crippen LogP contribution in [0.5, 0.6) is 0 Å². The van der Waals surface area contributed by atoms with Gasteiger partial charge in [-0.1, -0.05) is 38.5 Å². The minimum atomic E-state index is -0.783. The Kier molecular flexibility index (Phi) is 4.78. The van der Waals surface area contributed by atoms with E-state index in [0.29, 0.717) is 5.91 Å². The van der Waals surface area contributed by atoms with Crippen LogP contribution >= 0.6 is 0 Å². The first-order chi connectivity index (χ1) is 12.1. The molecule has 5 heteroatoms. The lowest BCUT2D eigenvalue weighted by molar-refractivity contribution is -0.201. The van der Waals surface area contributed by atoms with Crippen LogP contribution in [0.4, 0.5) is 0 Å². The van der Waals surface area contributed by atoms with Crippen LogP contribution in [0.15, 0.2) is 0 Å². The van der Waals surface area contributed by atoms with E-state index in [2.05, 4.69) is 0 Å². The Morgan fingerprint density at radius 2 is 1.52 bits per heavy atom. The third-order valence-corrected chi connectivity index (χ3v) is 7.28. The molecule has 2 heterocycles. The molecular formula is C20H32N2O3. The minimum absolute atomic E-state index is 0.0704. The number of amides is 2. The Labute approximate surface area is 150 Å². The van der Waals surface area contributed by atoms with E-state index in [1.54, 1.807) is 0 Å². The van der Waals surface area contributed by atoms with Crippen molar-refractivity contribution in [2.45, 2.75) is 94.7 Å². The summed E-state index contributed by atoms with van der Waals surface area (Å²) in [6.45, 7) is 1.55. The van der Waals surface area contributed by atoms with Crippen molar-refractivity contribution in [1.82, 2.24) is 9.80 Å². The smallest absolute Gasteiger partial charge is 0.254 e. The average molecular weight is 348 g/mol. The van der Waals surface area contributed by atoms with Gasteiger partial charge in [-0.2, -0.15) is 0 Å². The summed E-state index contributed by atoms with van der Waals surface area (Å²) >= 11 is 0. The lowest BCUT2D eigenvalue weighted by Crippen LogP contribution is -2.77. The number of aliphatic hydroxyl groups excluding tert-OH is 1. The normalized spacial score (nSPS) is 31.2. The Balaban J connectivity index is 1.36. The van der Waals surface area contributed by atoms with Crippen LogP contribution in [0.3, 0.4) is 0 Å². The third kappa shape index (κ3) is 2.88. The molecule has 0 bridgehead atoms. The molecule has 140 valence electrons. The van der Waals surface area contributed by atoms with E-state index in [1.165, 1.54) is 25.7 Å². The molecule has 1 spiro atoms. The number of β-lactam (4-membered cyclic amide) rings is 1. The van der Waals surface area contributed by atoms with Crippen molar-refractivity contribution in [3.05, 3.63) is 0 Å².